The van der Waals surface area contributed by atoms with Gasteiger partial charge in [0.15, 0.2) is 0 Å². The molecule has 25 heavy (non-hydrogen) atoms. The van der Waals surface area contributed by atoms with Crippen LogP contribution in [0.1, 0.15) is 23.2 Å². The van der Waals surface area contributed by atoms with Crippen LogP contribution in [0.4, 0.5) is 0 Å². The molecule has 0 amide bonds. The van der Waals surface area contributed by atoms with Crippen molar-refractivity contribution in [1.29, 1.82) is 0 Å². The van der Waals surface area contributed by atoms with Gasteiger partial charge in [0.1, 0.15) is 11.9 Å². The van der Waals surface area contributed by atoms with E-state index in [0.29, 0.717) is 6.54 Å². The van der Waals surface area contributed by atoms with Crippen molar-refractivity contribution < 1.29 is 0 Å². The van der Waals surface area contributed by atoms with Crippen molar-refractivity contribution in [2.24, 2.45) is 4.99 Å². The second kappa shape index (κ2) is 6.77. The Morgan fingerprint density at radius 2 is 1.48 bits per heavy atom. The summed E-state index contributed by atoms with van der Waals surface area (Å²) in [5.41, 5.74) is 2.33. The van der Waals surface area contributed by atoms with Crippen molar-refractivity contribution in [3.05, 3.63) is 107 Å². The van der Waals surface area contributed by atoms with Gasteiger partial charge in [-0.15, -0.1) is 0 Å². The van der Waals surface area contributed by atoms with Crippen molar-refractivity contribution in [2.75, 3.05) is 0 Å². The third-order valence-electron chi connectivity index (χ3n) is 4.45. The smallest absolute Gasteiger partial charge is 0.250 e. The van der Waals surface area contributed by atoms with Crippen LogP contribution in [0.3, 0.4) is 0 Å². The highest BCUT2D eigenvalue weighted by atomic mass is 16.1. The number of amidine groups is 1. The van der Waals surface area contributed by atoms with Gasteiger partial charge in [-0.3, -0.25) is 9.79 Å². The number of benzene rings is 2. The number of hydrogen-bond donors (Lipinski definition) is 1. The van der Waals surface area contributed by atoms with E-state index in [1.165, 1.54) is 11.1 Å². The Hall–Kier alpha value is -3.14. The fourth-order valence-electron chi connectivity index (χ4n) is 3.22. The molecule has 0 saturated heterocycles. The van der Waals surface area contributed by atoms with E-state index in [2.05, 4.69) is 29.6 Å². The number of nitrogens with one attached hydrogen (secondary N) is 1. The normalized spacial score (nSPS) is 19.3. The van der Waals surface area contributed by atoms with Gasteiger partial charge >= 0.3 is 0 Å². The van der Waals surface area contributed by atoms with Crippen molar-refractivity contribution in [3.8, 4) is 0 Å². The zero-order chi connectivity index (χ0) is 17.1. The number of aliphatic imine (C=N–C) groups is 1. The van der Waals surface area contributed by atoms with Gasteiger partial charge in [-0.25, -0.2) is 0 Å². The maximum atomic E-state index is 12.0. The summed E-state index contributed by atoms with van der Waals surface area (Å²) in [7, 11) is 0. The van der Waals surface area contributed by atoms with Gasteiger partial charge in [0.05, 0.1) is 12.6 Å². The molecule has 2 unspecified atom stereocenters. The minimum absolute atomic E-state index is 0.00184. The van der Waals surface area contributed by atoms with Crippen LogP contribution in [-0.4, -0.2) is 10.4 Å². The molecule has 0 spiro atoms. The molecule has 4 rings (SSSR count). The molecule has 4 heteroatoms. The van der Waals surface area contributed by atoms with Gasteiger partial charge in [-0.05, 0) is 17.2 Å². The predicted octanol–water partition coefficient (Wildman–Crippen LogP) is 3.33. The molecule has 1 aliphatic rings. The molecule has 1 aliphatic heterocycles. The molecule has 0 aliphatic carbocycles. The second-order valence-corrected chi connectivity index (χ2v) is 6.13. The molecule has 0 radical (unpaired) electrons. The molecular formula is C21H19N3O. The van der Waals surface area contributed by atoms with Crippen LogP contribution >= 0.6 is 0 Å². The van der Waals surface area contributed by atoms with Crippen LogP contribution < -0.4 is 10.9 Å². The predicted molar refractivity (Wildman–Crippen MR) is 99.6 cm³/mol. The number of aromatic nitrogens is 1. The molecule has 2 heterocycles. The zero-order valence-electron chi connectivity index (χ0n) is 13.7. The highest BCUT2D eigenvalue weighted by Crippen LogP contribution is 2.35. The van der Waals surface area contributed by atoms with E-state index < -0.39 is 0 Å². The second-order valence-electron chi connectivity index (χ2n) is 6.13. The molecule has 0 fully saturated rings. The van der Waals surface area contributed by atoms with Gasteiger partial charge in [-0.2, -0.15) is 0 Å². The molecule has 3 aromatic rings. The molecule has 0 bridgehead atoms. The van der Waals surface area contributed by atoms with E-state index in [-0.39, 0.29) is 17.6 Å². The first kappa shape index (κ1) is 15.4. The molecule has 1 aromatic heterocycles. The number of rotatable bonds is 4. The van der Waals surface area contributed by atoms with Crippen LogP contribution in [0, 0.1) is 0 Å². The Morgan fingerprint density at radius 3 is 2.16 bits per heavy atom. The van der Waals surface area contributed by atoms with E-state index in [1.54, 1.807) is 22.9 Å². The topological polar surface area (TPSA) is 46.4 Å². The minimum atomic E-state index is -0.0218. The maximum absolute atomic E-state index is 12.0. The Balaban J connectivity index is 1.68. The summed E-state index contributed by atoms with van der Waals surface area (Å²) in [5, 5.41) is 3.52. The third kappa shape index (κ3) is 3.24. The Kier molecular flexibility index (Phi) is 4.17. The highest BCUT2D eigenvalue weighted by molar-refractivity contribution is 5.84. The van der Waals surface area contributed by atoms with E-state index in [4.69, 9.17) is 4.99 Å². The molecule has 1 N–H and O–H groups in total. The van der Waals surface area contributed by atoms with Crippen LogP contribution in [0.25, 0.3) is 0 Å². The third-order valence-corrected chi connectivity index (χ3v) is 4.45. The number of pyridine rings is 1. The average molecular weight is 329 g/mol. The van der Waals surface area contributed by atoms with Crippen molar-refractivity contribution >= 4 is 5.84 Å². The summed E-state index contributed by atoms with van der Waals surface area (Å²) in [5.74, 6) is 0.830. The minimum Gasteiger partial charge on any atom is -0.363 e. The molecule has 124 valence electrons. The van der Waals surface area contributed by atoms with Crippen LogP contribution in [0.15, 0.2) is 94.8 Å². The number of hydrogen-bond acceptors (Lipinski definition) is 3. The first-order valence-electron chi connectivity index (χ1n) is 8.40. The maximum Gasteiger partial charge on any atom is 0.250 e. The lowest BCUT2D eigenvalue weighted by atomic mass is 9.95. The Morgan fingerprint density at radius 1 is 0.840 bits per heavy atom. The summed E-state index contributed by atoms with van der Waals surface area (Å²) in [6, 6.07) is 25.8. The summed E-state index contributed by atoms with van der Waals surface area (Å²) in [6.45, 7) is 0.451. The largest absolute Gasteiger partial charge is 0.363 e. The lowest BCUT2D eigenvalue weighted by Gasteiger charge is -2.19. The Labute approximate surface area is 146 Å². The first-order chi connectivity index (χ1) is 12.3. The molecule has 4 nitrogen and oxygen atoms in total. The van der Waals surface area contributed by atoms with E-state index in [1.807, 2.05) is 42.5 Å². The van der Waals surface area contributed by atoms with E-state index >= 15 is 0 Å². The van der Waals surface area contributed by atoms with Crippen molar-refractivity contribution in [3.63, 3.8) is 0 Å². The summed E-state index contributed by atoms with van der Waals surface area (Å²) in [6.07, 6.45) is 1.79. The van der Waals surface area contributed by atoms with Crippen LogP contribution in [0.5, 0.6) is 0 Å². The molecule has 2 atom stereocenters. The molecular weight excluding hydrogens is 310 g/mol. The standard InChI is InChI=1S/C21H19N3O/c25-19-13-7-8-14-24(19)15-18-22-20(16-9-3-1-4-10-16)21(23-18)17-11-5-2-6-12-17/h1-14,20-21H,15H2,(H,22,23). The van der Waals surface area contributed by atoms with Crippen molar-refractivity contribution in [1.82, 2.24) is 9.88 Å². The van der Waals surface area contributed by atoms with Gasteiger partial charge in [0, 0.05) is 12.3 Å². The highest BCUT2D eigenvalue weighted by Gasteiger charge is 2.31. The zero-order valence-corrected chi connectivity index (χ0v) is 13.7. The van der Waals surface area contributed by atoms with Crippen LogP contribution in [0.2, 0.25) is 0 Å². The summed E-state index contributed by atoms with van der Waals surface area (Å²) in [4.78, 5) is 16.9. The SMILES string of the molecule is O=c1ccccn1CC1=NC(c2ccccc2)C(c2ccccc2)N1. The van der Waals surface area contributed by atoms with E-state index in [9.17, 15) is 4.79 Å². The molecule has 0 saturated carbocycles. The lowest BCUT2D eigenvalue weighted by Crippen LogP contribution is -2.31. The Bertz CT molecular complexity index is 932. The quantitative estimate of drug-likeness (QED) is 0.798. The average Bonchev–Trinajstić information content (AvgIpc) is 3.09. The monoisotopic (exact) mass is 329 g/mol. The molecule has 2 aromatic carbocycles. The fraction of sp³-hybridized carbons (Fsp3) is 0.143. The summed E-state index contributed by atoms with van der Waals surface area (Å²) >= 11 is 0. The number of nitrogens with zero attached hydrogens (tertiary/aromatic N) is 2. The van der Waals surface area contributed by atoms with Crippen LogP contribution in [-0.2, 0) is 6.54 Å². The van der Waals surface area contributed by atoms with Crippen molar-refractivity contribution in [2.45, 2.75) is 18.6 Å². The van der Waals surface area contributed by atoms with E-state index in [0.717, 1.165) is 5.84 Å². The fourth-order valence-corrected chi connectivity index (χ4v) is 3.22. The van der Waals surface area contributed by atoms with Gasteiger partial charge < -0.3 is 9.88 Å². The summed E-state index contributed by atoms with van der Waals surface area (Å²) < 4.78 is 1.67. The van der Waals surface area contributed by atoms with Gasteiger partial charge in [-0.1, -0.05) is 66.7 Å². The van der Waals surface area contributed by atoms with Gasteiger partial charge in [0.2, 0.25) is 0 Å². The van der Waals surface area contributed by atoms with Gasteiger partial charge in [0.25, 0.3) is 5.56 Å². The lowest BCUT2D eigenvalue weighted by molar-refractivity contribution is 0.570. The first-order valence-corrected chi connectivity index (χ1v) is 8.40.